The zero-order chi connectivity index (χ0) is 11.4. The van der Waals surface area contributed by atoms with Crippen LogP contribution in [0.4, 0.5) is 0 Å². The summed E-state index contributed by atoms with van der Waals surface area (Å²) >= 11 is 1.77. The van der Waals surface area contributed by atoms with Crippen molar-refractivity contribution in [3.05, 3.63) is 29.8 Å². The summed E-state index contributed by atoms with van der Waals surface area (Å²) in [5.41, 5.74) is 7.61. The summed E-state index contributed by atoms with van der Waals surface area (Å²) in [6, 6.07) is 8.90. The van der Waals surface area contributed by atoms with Gasteiger partial charge in [0.1, 0.15) is 0 Å². The predicted octanol–water partition coefficient (Wildman–Crippen LogP) is 2.83. The van der Waals surface area contributed by atoms with Crippen LogP contribution < -0.4 is 11.1 Å². The molecule has 1 heterocycles. The topological polar surface area (TPSA) is 38.0 Å². The van der Waals surface area contributed by atoms with E-state index in [1.807, 2.05) is 0 Å². The van der Waals surface area contributed by atoms with Crippen molar-refractivity contribution < 1.29 is 0 Å². The number of piperidine rings is 1. The predicted molar refractivity (Wildman–Crippen MR) is 78.0 cm³/mol. The molecule has 0 spiro atoms. The van der Waals surface area contributed by atoms with Gasteiger partial charge in [-0.2, -0.15) is 0 Å². The van der Waals surface area contributed by atoms with Crippen LogP contribution in [-0.2, 0) is 0 Å². The molecule has 1 aromatic carbocycles. The van der Waals surface area contributed by atoms with E-state index in [9.17, 15) is 0 Å². The quantitative estimate of drug-likeness (QED) is 0.831. The van der Waals surface area contributed by atoms with Crippen LogP contribution in [-0.4, -0.2) is 19.3 Å². The van der Waals surface area contributed by atoms with Gasteiger partial charge in [-0.1, -0.05) is 12.1 Å². The van der Waals surface area contributed by atoms with Gasteiger partial charge in [-0.25, -0.2) is 0 Å². The van der Waals surface area contributed by atoms with Gasteiger partial charge < -0.3 is 11.1 Å². The molecule has 1 saturated heterocycles. The van der Waals surface area contributed by atoms with E-state index in [0.717, 1.165) is 13.1 Å². The SMILES string of the molecule is CSc1ccc([C@H](N)C2CCNCC2)cc1.Cl. The lowest BCUT2D eigenvalue weighted by atomic mass is 9.87. The number of rotatable bonds is 3. The molecule has 1 aliphatic heterocycles. The van der Waals surface area contributed by atoms with Crippen molar-refractivity contribution in [1.82, 2.24) is 5.32 Å². The van der Waals surface area contributed by atoms with Crippen molar-refractivity contribution in [2.75, 3.05) is 19.3 Å². The molecule has 3 N–H and O–H groups in total. The lowest BCUT2D eigenvalue weighted by Crippen LogP contribution is -2.33. The van der Waals surface area contributed by atoms with E-state index < -0.39 is 0 Å². The summed E-state index contributed by atoms with van der Waals surface area (Å²) in [4.78, 5) is 1.31. The number of nitrogens with one attached hydrogen (secondary N) is 1. The molecule has 96 valence electrons. The van der Waals surface area contributed by atoms with Crippen molar-refractivity contribution in [2.24, 2.45) is 11.7 Å². The van der Waals surface area contributed by atoms with Crippen LogP contribution in [0.15, 0.2) is 29.2 Å². The minimum absolute atomic E-state index is 0. The molecule has 0 amide bonds. The highest BCUT2D eigenvalue weighted by Crippen LogP contribution is 2.27. The summed E-state index contributed by atoms with van der Waals surface area (Å²) in [5.74, 6) is 0.640. The third-order valence-corrected chi connectivity index (χ3v) is 4.14. The van der Waals surface area contributed by atoms with Crippen LogP contribution in [0, 0.1) is 5.92 Å². The third-order valence-electron chi connectivity index (χ3n) is 3.39. The van der Waals surface area contributed by atoms with Crippen LogP contribution in [0.3, 0.4) is 0 Å². The first-order chi connectivity index (χ1) is 7.81. The second-order valence-electron chi connectivity index (χ2n) is 4.39. The number of hydrogen-bond donors (Lipinski definition) is 2. The average Bonchev–Trinajstić information content (AvgIpc) is 2.39. The fourth-order valence-corrected chi connectivity index (χ4v) is 2.71. The first-order valence-electron chi connectivity index (χ1n) is 5.91. The maximum atomic E-state index is 6.33. The second kappa shape index (κ2) is 7.27. The molecule has 0 radical (unpaired) electrons. The monoisotopic (exact) mass is 272 g/mol. The highest BCUT2D eigenvalue weighted by Gasteiger charge is 2.21. The Morgan fingerprint density at radius 1 is 1.24 bits per heavy atom. The first kappa shape index (κ1) is 14.8. The molecule has 0 unspecified atom stereocenters. The highest BCUT2D eigenvalue weighted by atomic mass is 35.5. The molecule has 1 atom stereocenters. The summed E-state index contributed by atoms with van der Waals surface area (Å²) < 4.78 is 0. The van der Waals surface area contributed by atoms with Gasteiger partial charge in [0, 0.05) is 10.9 Å². The average molecular weight is 273 g/mol. The van der Waals surface area contributed by atoms with Gasteiger partial charge in [0.15, 0.2) is 0 Å². The van der Waals surface area contributed by atoms with E-state index in [1.165, 1.54) is 23.3 Å². The maximum absolute atomic E-state index is 6.33. The van der Waals surface area contributed by atoms with Crippen molar-refractivity contribution in [3.8, 4) is 0 Å². The van der Waals surface area contributed by atoms with Crippen molar-refractivity contribution >= 4 is 24.2 Å². The lowest BCUT2D eigenvalue weighted by Gasteiger charge is -2.28. The summed E-state index contributed by atoms with van der Waals surface area (Å²) in [6.45, 7) is 2.22. The van der Waals surface area contributed by atoms with E-state index in [2.05, 4.69) is 35.8 Å². The number of halogens is 1. The number of nitrogens with two attached hydrogens (primary N) is 1. The fraction of sp³-hybridized carbons (Fsp3) is 0.538. The Balaban J connectivity index is 0.00000144. The molecule has 4 heteroatoms. The fourth-order valence-electron chi connectivity index (χ4n) is 2.30. The van der Waals surface area contributed by atoms with Gasteiger partial charge in [-0.15, -0.1) is 24.2 Å². The molecule has 0 aliphatic carbocycles. The van der Waals surface area contributed by atoms with Crippen molar-refractivity contribution in [3.63, 3.8) is 0 Å². The molecule has 0 saturated carbocycles. The zero-order valence-corrected chi connectivity index (χ0v) is 11.8. The zero-order valence-electron chi connectivity index (χ0n) is 10.2. The van der Waals surface area contributed by atoms with Gasteiger partial charge >= 0.3 is 0 Å². The summed E-state index contributed by atoms with van der Waals surface area (Å²) in [5, 5.41) is 3.38. The van der Waals surface area contributed by atoms with Gasteiger partial charge in [0.05, 0.1) is 0 Å². The molecule has 17 heavy (non-hydrogen) atoms. The van der Waals surface area contributed by atoms with Crippen LogP contribution in [0.2, 0.25) is 0 Å². The van der Waals surface area contributed by atoms with Gasteiger partial charge in [0.2, 0.25) is 0 Å². The van der Waals surface area contributed by atoms with Crippen molar-refractivity contribution in [1.29, 1.82) is 0 Å². The number of hydrogen-bond acceptors (Lipinski definition) is 3. The molecular weight excluding hydrogens is 252 g/mol. The Kier molecular flexibility index (Phi) is 6.34. The van der Waals surface area contributed by atoms with E-state index in [-0.39, 0.29) is 18.4 Å². The minimum atomic E-state index is 0. The van der Waals surface area contributed by atoms with E-state index >= 15 is 0 Å². The summed E-state index contributed by atoms with van der Waals surface area (Å²) in [6.07, 6.45) is 4.50. The van der Waals surface area contributed by atoms with Gasteiger partial charge in [0.25, 0.3) is 0 Å². The standard InChI is InChI=1S/C13H20N2S.ClH/c1-16-12-4-2-10(3-5-12)13(14)11-6-8-15-9-7-11;/h2-5,11,13,15H,6-9,14H2,1H3;1H/t13-;/m0./s1. The van der Waals surface area contributed by atoms with Crippen LogP contribution in [0.1, 0.15) is 24.4 Å². The Bertz CT molecular complexity index is 323. The van der Waals surface area contributed by atoms with Gasteiger partial charge in [-0.05, 0) is 55.8 Å². The largest absolute Gasteiger partial charge is 0.324 e. The van der Waals surface area contributed by atoms with Crippen molar-refractivity contribution in [2.45, 2.75) is 23.8 Å². The smallest absolute Gasteiger partial charge is 0.0324 e. The maximum Gasteiger partial charge on any atom is 0.0324 e. The molecule has 1 fully saturated rings. The Labute approximate surface area is 114 Å². The van der Waals surface area contributed by atoms with Crippen LogP contribution in [0.5, 0.6) is 0 Å². The highest BCUT2D eigenvalue weighted by molar-refractivity contribution is 7.98. The van der Waals surface area contributed by atoms with Gasteiger partial charge in [-0.3, -0.25) is 0 Å². The molecule has 0 aromatic heterocycles. The molecule has 2 nitrogen and oxygen atoms in total. The molecule has 0 bridgehead atoms. The molecular formula is C13H21ClN2S. The van der Waals surface area contributed by atoms with E-state index in [4.69, 9.17) is 5.73 Å². The molecule has 1 aromatic rings. The second-order valence-corrected chi connectivity index (χ2v) is 5.27. The Morgan fingerprint density at radius 3 is 2.35 bits per heavy atom. The van der Waals surface area contributed by atoms with Crippen LogP contribution in [0.25, 0.3) is 0 Å². The number of thioether (sulfide) groups is 1. The molecule has 1 aliphatic rings. The third kappa shape index (κ3) is 3.88. The first-order valence-corrected chi connectivity index (χ1v) is 7.14. The molecule has 2 rings (SSSR count). The van der Waals surface area contributed by atoms with Crippen LogP contribution >= 0.6 is 24.2 Å². The Morgan fingerprint density at radius 2 is 1.82 bits per heavy atom. The normalized spacial score (nSPS) is 18.5. The summed E-state index contributed by atoms with van der Waals surface area (Å²) in [7, 11) is 0. The lowest BCUT2D eigenvalue weighted by molar-refractivity contribution is 0.322. The minimum Gasteiger partial charge on any atom is -0.324 e. The Hall–Kier alpha value is -0.220. The van der Waals surface area contributed by atoms with E-state index in [0.29, 0.717) is 5.92 Å². The number of benzene rings is 1. The van der Waals surface area contributed by atoms with E-state index in [1.54, 1.807) is 11.8 Å².